The number of hydrogen-bond donors (Lipinski definition) is 0. The molecule has 0 aliphatic heterocycles. The van der Waals surface area contributed by atoms with Crippen LogP contribution < -0.4 is 44.0 Å². The van der Waals surface area contributed by atoms with Gasteiger partial charge in [-0.1, -0.05) is 0 Å². The zero-order chi connectivity index (χ0) is 22.4. The summed E-state index contributed by atoms with van der Waals surface area (Å²) >= 11 is 0. The van der Waals surface area contributed by atoms with Crippen molar-refractivity contribution in [1.29, 1.82) is 0 Å². The molecule has 0 bridgehead atoms. The van der Waals surface area contributed by atoms with Gasteiger partial charge >= 0.3 is 0 Å². The zero-order valence-electron chi connectivity index (χ0n) is 18.6. The van der Waals surface area contributed by atoms with Crippen LogP contribution in [0.5, 0.6) is 34.5 Å². The lowest BCUT2D eigenvalue weighted by Gasteiger charge is -2.21. The summed E-state index contributed by atoms with van der Waals surface area (Å²) in [6.07, 6.45) is 0. The quantitative estimate of drug-likeness (QED) is 0.377. The number of benzene rings is 3. The number of ether oxygens (including phenoxy) is 6. The van der Waals surface area contributed by atoms with Crippen LogP contribution in [0.2, 0.25) is 0 Å². The Kier molecular flexibility index (Phi) is 7.30. The second-order valence-corrected chi connectivity index (χ2v) is 9.16. The molecule has 0 aliphatic carbocycles. The lowest BCUT2D eigenvalue weighted by molar-refractivity contribution is 0.395. The van der Waals surface area contributed by atoms with Gasteiger partial charge in [-0.25, -0.2) is 0 Å². The highest BCUT2D eigenvalue weighted by atomic mass is 28.3. The maximum absolute atomic E-state index is 5.54. The van der Waals surface area contributed by atoms with E-state index in [1.165, 1.54) is 0 Å². The van der Waals surface area contributed by atoms with Crippen LogP contribution in [0.25, 0.3) is 0 Å². The Balaban J connectivity index is 2.30. The van der Waals surface area contributed by atoms with E-state index in [0.29, 0.717) is 0 Å². The van der Waals surface area contributed by atoms with Crippen molar-refractivity contribution in [3.05, 3.63) is 54.6 Å². The van der Waals surface area contributed by atoms with Gasteiger partial charge in [-0.2, -0.15) is 0 Å². The van der Waals surface area contributed by atoms with Crippen molar-refractivity contribution in [2.24, 2.45) is 0 Å². The largest absolute Gasteiger partial charge is 0.497 e. The molecule has 0 N–H and O–H groups in total. The van der Waals surface area contributed by atoms with Crippen LogP contribution in [0.3, 0.4) is 0 Å². The Bertz CT molecular complexity index is 838. The molecule has 163 valence electrons. The molecule has 0 aromatic heterocycles. The van der Waals surface area contributed by atoms with Gasteiger partial charge in [-0.05, 0) is 52.0 Å². The van der Waals surface area contributed by atoms with Crippen molar-refractivity contribution in [1.82, 2.24) is 0 Å². The molecular weight excluding hydrogens is 412 g/mol. The first-order valence-corrected chi connectivity index (χ1v) is 11.1. The fourth-order valence-corrected chi connectivity index (χ4v) is 6.07. The first kappa shape index (κ1) is 22.4. The number of rotatable bonds is 9. The number of methoxy groups -OCH3 is 6. The van der Waals surface area contributed by atoms with E-state index in [-0.39, 0.29) is 0 Å². The van der Waals surface area contributed by atoms with E-state index in [2.05, 4.69) is 0 Å². The van der Waals surface area contributed by atoms with Crippen molar-refractivity contribution >= 4 is 24.4 Å². The number of hydrogen-bond acceptors (Lipinski definition) is 6. The Morgan fingerprint density at radius 1 is 0.355 bits per heavy atom. The summed E-state index contributed by atoms with van der Waals surface area (Å²) in [5.41, 5.74) is 0. The summed E-state index contributed by atoms with van der Waals surface area (Å²) in [4.78, 5) is 0. The molecule has 3 aromatic rings. The van der Waals surface area contributed by atoms with E-state index in [9.17, 15) is 0 Å². The Morgan fingerprint density at radius 2 is 0.548 bits per heavy atom. The van der Waals surface area contributed by atoms with E-state index < -0.39 is 8.80 Å². The second-order valence-electron chi connectivity index (χ2n) is 6.68. The minimum Gasteiger partial charge on any atom is -0.497 e. The van der Waals surface area contributed by atoms with Crippen LogP contribution in [0, 0.1) is 0 Å². The third kappa shape index (κ3) is 5.06. The summed E-state index contributed by atoms with van der Waals surface area (Å²) in [6, 6.07) is 17.8. The van der Waals surface area contributed by atoms with E-state index in [0.717, 1.165) is 50.1 Å². The normalized spacial score (nSPS) is 10.5. The van der Waals surface area contributed by atoms with Crippen molar-refractivity contribution in [3.63, 3.8) is 0 Å². The second kappa shape index (κ2) is 10.1. The molecule has 0 unspecified atom stereocenters. The summed E-state index contributed by atoms with van der Waals surface area (Å²) < 4.78 is 33.2. The van der Waals surface area contributed by atoms with Gasteiger partial charge < -0.3 is 28.4 Å². The van der Waals surface area contributed by atoms with Gasteiger partial charge in [-0.15, -0.1) is 0 Å². The Labute approximate surface area is 184 Å². The molecule has 1 radical (unpaired) electrons. The summed E-state index contributed by atoms with van der Waals surface area (Å²) in [6.45, 7) is 0. The molecule has 3 aromatic carbocycles. The fourth-order valence-electron chi connectivity index (χ4n) is 3.36. The average Bonchev–Trinajstić information content (AvgIpc) is 2.83. The lowest BCUT2D eigenvalue weighted by Crippen LogP contribution is -2.52. The molecule has 0 spiro atoms. The van der Waals surface area contributed by atoms with Gasteiger partial charge in [0.1, 0.15) is 34.5 Å². The van der Waals surface area contributed by atoms with E-state index in [4.69, 9.17) is 28.4 Å². The molecule has 0 atom stereocenters. The maximum atomic E-state index is 5.54. The first-order chi connectivity index (χ1) is 15.0. The monoisotopic (exact) mass is 439 g/mol. The third-order valence-electron chi connectivity index (χ3n) is 4.92. The molecule has 0 heterocycles. The minimum absolute atomic E-state index is 0.724. The SMILES string of the molecule is COc1cc(OC)cc([Si](c2cc(OC)cc(OC)c2)c2cc(OC)cc(OC)c2)c1. The van der Waals surface area contributed by atoms with Gasteiger partial charge in [-0.3, -0.25) is 0 Å². The van der Waals surface area contributed by atoms with E-state index in [1.807, 2.05) is 54.6 Å². The van der Waals surface area contributed by atoms with Crippen molar-refractivity contribution in [2.45, 2.75) is 0 Å². The van der Waals surface area contributed by atoms with Gasteiger partial charge in [0.15, 0.2) is 8.80 Å². The molecule has 3 rings (SSSR count). The Morgan fingerprint density at radius 3 is 0.710 bits per heavy atom. The third-order valence-corrected chi connectivity index (χ3v) is 7.52. The minimum atomic E-state index is -1.55. The highest BCUT2D eigenvalue weighted by Gasteiger charge is 2.24. The van der Waals surface area contributed by atoms with Crippen molar-refractivity contribution in [2.75, 3.05) is 42.7 Å². The van der Waals surface area contributed by atoms with Crippen LogP contribution in [0.15, 0.2) is 54.6 Å². The molecule has 7 heteroatoms. The zero-order valence-corrected chi connectivity index (χ0v) is 19.6. The smallest absolute Gasteiger partial charge is 0.155 e. The molecule has 0 saturated heterocycles. The fraction of sp³-hybridized carbons (Fsp3) is 0.250. The summed E-state index contributed by atoms with van der Waals surface area (Å²) in [7, 11) is 8.33. The van der Waals surface area contributed by atoms with Crippen LogP contribution >= 0.6 is 0 Å². The molecule has 0 fully saturated rings. The van der Waals surface area contributed by atoms with Crippen molar-refractivity contribution < 1.29 is 28.4 Å². The molecule has 0 saturated carbocycles. The van der Waals surface area contributed by atoms with Crippen LogP contribution in [-0.2, 0) is 0 Å². The molecule has 0 amide bonds. The summed E-state index contributed by atoms with van der Waals surface area (Å²) in [5.74, 6) is 4.34. The van der Waals surface area contributed by atoms with Gasteiger partial charge in [0, 0.05) is 18.2 Å². The topological polar surface area (TPSA) is 55.4 Å². The average molecular weight is 440 g/mol. The summed E-state index contributed by atoms with van der Waals surface area (Å²) in [5, 5.41) is 3.23. The van der Waals surface area contributed by atoms with E-state index >= 15 is 0 Å². The van der Waals surface area contributed by atoms with Crippen molar-refractivity contribution in [3.8, 4) is 34.5 Å². The van der Waals surface area contributed by atoms with Gasteiger partial charge in [0.25, 0.3) is 0 Å². The predicted octanol–water partition coefficient (Wildman–Crippen LogP) is 2.25. The highest BCUT2D eigenvalue weighted by Crippen LogP contribution is 2.23. The first-order valence-electron chi connectivity index (χ1n) is 9.62. The maximum Gasteiger partial charge on any atom is 0.155 e. The van der Waals surface area contributed by atoms with Crippen LogP contribution in [-0.4, -0.2) is 51.5 Å². The molecule has 6 nitrogen and oxygen atoms in total. The van der Waals surface area contributed by atoms with Gasteiger partial charge in [0.05, 0.1) is 42.7 Å². The van der Waals surface area contributed by atoms with E-state index in [1.54, 1.807) is 42.7 Å². The van der Waals surface area contributed by atoms with Gasteiger partial charge in [0.2, 0.25) is 0 Å². The van der Waals surface area contributed by atoms with Crippen LogP contribution in [0.1, 0.15) is 0 Å². The molecule has 31 heavy (non-hydrogen) atoms. The molecular formula is C24H27O6Si. The standard InChI is InChI=1S/C24H27O6Si/c1-25-16-7-17(26-2)11-22(10-16)31(23-12-18(27-3)8-19(13-23)28-4)24-14-20(29-5)9-21(15-24)30-6/h7-15H,1-6H3. The van der Waals surface area contributed by atoms with Crippen LogP contribution in [0.4, 0.5) is 0 Å². The lowest BCUT2D eigenvalue weighted by atomic mass is 10.3. The highest BCUT2D eigenvalue weighted by molar-refractivity contribution is 6.95. The predicted molar refractivity (Wildman–Crippen MR) is 123 cm³/mol. The molecule has 0 aliphatic rings. The Hall–Kier alpha value is -3.32.